The van der Waals surface area contributed by atoms with Crippen LogP contribution in [0.4, 0.5) is 0 Å². The normalized spacial score (nSPS) is 34.4. The topological polar surface area (TPSA) is 99.4 Å². The van der Waals surface area contributed by atoms with E-state index in [1.165, 1.54) is 19.3 Å². The molecule has 0 aliphatic carbocycles. The van der Waals surface area contributed by atoms with E-state index in [2.05, 4.69) is 6.92 Å². The summed E-state index contributed by atoms with van der Waals surface area (Å²) in [7, 11) is 0. The zero-order valence-electron chi connectivity index (χ0n) is 12.1. The van der Waals surface area contributed by atoms with Gasteiger partial charge in [-0.05, 0) is 6.42 Å². The van der Waals surface area contributed by atoms with Crippen molar-refractivity contribution in [3.8, 4) is 0 Å². The standard InChI is InChI=1S/C14H28O6/c1-2-3-4-5-6-7-8-19-13-12(17)11(16)10(9-15)20-14(13)18/h10-18H,2-9H2,1H3/t10-,11+,12-,13+,14+/m0/s1. The lowest BCUT2D eigenvalue weighted by molar-refractivity contribution is -0.296. The maximum Gasteiger partial charge on any atom is 0.184 e. The molecule has 6 nitrogen and oxygen atoms in total. The largest absolute Gasteiger partial charge is 0.394 e. The highest BCUT2D eigenvalue weighted by molar-refractivity contribution is 4.89. The first-order valence-electron chi connectivity index (χ1n) is 7.54. The van der Waals surface area contributed by atoms with E-state index >= 15 is 0 Å². The van der Waals surface area contributed by atoms with Crippen molar-refractivity contribution in [2.24, 2.45) is 0 Å². The lowest BCUT2D eigenvalue weighted by atomic mass is 9.99. The molecule has 0 saturated carbocycles. The molecule has 6 heteroatoms. The fourth-order valence-electron chi connectivity index (χ4n) is 2.35. The van der Waals surface area contributed by atoms with Gasteiger partial charge in [0, 0.05) is 6.61 Å². The van der Waals surface area contributed by atoms with Crippen molar-refractivity contribution in [1.29, 1.82) is 0 Å². The fraction of sp³-hybridized carbons (Fsp3) is 1.00. The van der Waals surface area contributed by atoms with Gasteiger partial charge in [-0.25, -0.2) is 0 Å². The molecule has 1 saturated heterocycles. The number of aliphatic hydroxyl groups is 4. The number of aliphatic hydroxyl groups excluding tert-OH is 4. The number of hydrogen-bond donors (Lipinski definition) is 4. The zero-order chi connectivity index (χ0) is 15.0. The van der Waals surface area contributed by atoms with Crippen molar-refractivity contribution >= 4 is 0 Å². The van der Waals surface area contributed by atoms with Gasteiger partial charge in [0.2, 0.25) is 0 Å². The van der Waals surface area contributed by atoms with Gasteiger partial charge >= 0.3 is 0 Å². The summed E-state index contributed by atoms with van der Waals surface area (Å²) >= 11 is 0. The van der Waals surface area contributed by atoms with E-state index in [1.54, 1.807) is 0 Å². The first-order valence-corrected chi connectivity index (χ1v) is 7.54. The second-order valence-electron chi connectivity index (χ2n) is 5.33. The Morgan fingerprint density at radius 2 is 1.60 bits per heavy atom. The predicted molar refractivity (Wildman–Crippen MR) is 73.1 cm³/mol. The highest BCUT2D eigenvalue weighted by Crippen LogP contribution is 2.22. The van der Waals surface area contributed by atoms with E-state index in [1.807, 2.05) is 0 Å². The van der Waals surface area contributed by atoms with Crippen LogP contribution >= 0.6 is 0 Å². The molecule has 120 valence electrons. The minimum Gasteiger partial charge on any atom is -0.394 e. The average molecular weight is 292 g/mol. The van der Waals surface area contributed by atoms with Crippen molar-refractivity contribution < 1.29 is 29.9 Å². The van der Waals surface area contributed by atoms with Crippen molar-refractivity contribution in [2.75, 3.05) is 13.2 Å². The quantitative estimate of drug-likeness (QED) is 0.452. The number of unbranched alkanes of at least 4 members (excludes halogenated alkanes) is 5. The molecular weight excluding hydrogens is 264 g/mol. The van der Waals surface area contributed by atoms with Crippen LogP contribution in [0.15, 0.2) is 0 Å². The molecule has 1 aliphatic rings. The van der Waals surface area contributed by atoms with Crippen LogP contribution in [0.25, 0.3) is 0 Å². The average Bonchev–Trinajstić information content (AvgIpc) is 2.45. The molecule has 0 radical (unpaired) electrons. The van der Waals surface area contributed by atoms with E-state index in [4.69, 9.17) is 14.6 Å². The van der Waals surface area contributed by atoms with Gasteiger partial charge in [0.25, 0.3) is 0 Å². The van der Waals surface area contributed by atoms with Crippen molar-refractivity contribution in [1.82, 2.24) is 0 Å². The number of rotatable bonds is 9. The van der Waals surface area contributed by atoms with E-state index in [0.717, 1.165) is 19.3 Å². The van der Waals surface area contributed by atoms with Gasteiger partial charge in [-0.2, -0.15) is 0 Å². The van der Waals surface area contributed by atoms with Crippen LogP contribution in [0, 0.1) is 0 Å². The SMILES string of the molecule is CCCCCCCCO[C@@H]1[C@@H](O)[C@H](O)[C@H](CO)O[C@H]1O. The second-order valence-corrected chi connectivity index (χ2v) is 5.33. The molecule has 20 heavy (non-hydrogen) atoms. The molecule has 1 rings (SSSR count). The smallest absolute Gasteiger partial charge is 0.184 e. The molecule has 0 spiro atoms. The van der Waals surface area contributed by atoms with Crippen LogP contribution in [0.1, 0.15) is 45.4 Å². The van der Waals surface area contributed by atoms with E-state index < -0.39 is 37.3 Å². The summed E-state index contributed by atoms with van der Waals surface area (Å²) in [5.41, 5.74) is 0. The summed E-state index contributed by atoms with van der Waals surface area (Å²) in [6, 6.07) is 0. The van der Waals surface area contributed by atoms with Crippen LogP contribution in [0.5, 0.6) is 0 Å². The third kappa shape index (κ3) is 5.27. The summed E-state index contributed by atoms with van der Waals surface area (Å²) in [5, 5.41) is 38.2. The Hall–Kier alpha value is -0.240. The third-order valence-electron chi connectivity index (χ3n) is 3.65. The molecule has 1 heterocycles. The Balaban J connectivity index is 2.22. The summed E-state index contributed by atoms with van der Waals surface area (Å²) in [6.45, 7) is 2.12. The molecular formula is C14H28O6. The highest BCUT2D eigenvalue weighted by atomic mass is 16.7. The number of hydrogen-bond acceptors (Lipinski definition) is 6. The molecule has 0 aromatic carbocycles. The van der Waals surface area contributed by atoms with Crippen molar-refractivity contribution in [2.45, 2.75) is 76.2 Å². The van der Waals surface area contributed by atoms with E-state index in [0.29, 0.717) is 6.61 Å². The first kappa shape index (κ1) is 17.8. The van der Waals surface area contributed by atoms with Crippen LogP contribution < -0.4 is 0 Å². The second kappa shape index (κ2) is 9.65. The first-order chi connectivity index (χ1) is 9.61. The monoisotopic (exact) mass is 292 g/mol. The van der Waals surface area contributed by atoms with E-state index in [-0.39, 0.29) is 0 Å². The van der Waals surface area contributed by atoms with Gasteiger partial charge in [-0.15, -0.1) is 0 Å². The van der Waals surface area contributed by atoms with Gasteiger partial charge < -0.3 is 29.9 Å². The Labute approximate surface area is 120 Å². The molecule has 0 aromatic heterocycles. The van der Waals surface area contributed by atoms with Crippen LogP contribution in [-0.2, 0) is 9.47 Å². The van der Waals surface area contributed by atoms with Gasteiger partial charge in [-0.1, -0.05) is 39.0 Å². The van der Waals surface area contributed by atoms with Crippen molar-refractivity contribution in [3.05, 3.63) is 0 Å². The molecule has 0 amide bonds. The van der Waals surface area contributed by atoms with E-state index in [9.17, 15) is 15.3 Å². The predicted octanol–water partition coefficient (Wildman–Crippen LogP) is 0.163. The highest BCUT2D eigenvalue weighted by Gasteiger charge is 2.44. The lowest BCUT2D eigenvalue weighted by Gasteiger charge is -2.39. The lowest BCUT2D eigenvalue weighted by Crippen LogP contribution is -2.59. The molecule has 1 aliphatic heterocycles. The number of ether oxygens (including phenoxy) is 2. The fourth-order valence-corrected chi connectivity index (χ4v) is 2.35. The van der Waals surface area contributed by atoms with Crippen molar-refractivity contribution in [3.63, 3.8) is 0 Å². The Morgan fingerprint density at radius 3 is 2.25 bits per heavy atom. The maximum absolute atomic E-state index is 9.86. The van der Waals surface area contributed by atoms with Gasteiger partial charge in [0.1, 0.15) is 24.4 Å². The molecule has 0 aromatic rings. The van der Waals surface area contributed by atoms with Gasteiger partial charge in [0.05, 0.1) is 6.61 Å². The van der Waals surface area contributed by atoms with Gasteiger partial charge in [0.15, 0.2) is 6.29 Å². The molecule has 5 atom stereocenters. The molecule has 0 bridgehead atoms. The minimum atomic E-state index is -1.33. The summed E-state index contributed by atoms with van der Waals surface area (Å²) < 4.78 is 10.4. The van der Waals surface area contributed by atoms with Gasteiger partial charge in [-0.3, -0.25) is 0 Å². The molecule has 1 fully saturated rings. The van der Waals surface area contributed by atoms with Crippen LogP contribution in [-0.4, -0.2) is 64.3 Å². The third-order valence-corrected chi connectivity index (χ3v) is 3.65. The Morgan fingerprint density at radius 1 is 0.950 bits per heavy atom. The maximum atomic E-state index is 9.86. The Bertz CT molecular complexity index is 250. The zero-order valence-corrected chi connectivity index (χ0v) is 12.1. The Kier molecular flexibility index (Phi) is 8.60. The minimum absolute atomic E-state index is 0.408. The molecule has 4 N–H and O–H groups in total. The van der Waals surface area contributed by atoms with Crippen LogP contribution in [0.2, 0.25) is 0 Å². The summed E-state index contributed by atoms with van der Waals surface area (Å²) in [5.74, 6) is 0. The van der Waals surface area contributed by atoms with Crippen LogP contribution in [0.3, 0.4) is 0 Å². The summed E-state index contributed by atoms with van der Waals surface area (Å²) in [6.07, 6.45) is 0.920. The molecule has 0 unspecified atom stereocenters. The summed E-state index contributed by atoms with van der Waals surface area (Å²) in [4.78, 5) is 0.